The van der Waals surface area contributed by atoms with Gasteiger partial charge in [0.05, 0.1) is 6.61 Å². The summed E-state index contributed by atoms with van der Waals surface area (Å²) in [5, 5.41) is 0. The standard InChI is InChI=1S/C13H18OS/c15-12-5-4-10-14-11-6-9-13-7-2-1-3-8-13/h1-3,6-9,15H,4-5,10-12H2. The maximum Gasteiger partial charge on any atom is 0.0650 e. The molecule has 0 unspecified atom stereocenters. The van der Waals surface area contributed by atoms with Gasteiger partial charge in [-0.1, -0.05) is 42.5 Å². The monoisotopic (exact) mass is 222 g/mol. The second-order valence-electron chi connectivity index (χ2n) is 3.32. The van der Waals surface area contributed by atoms with Gasteiger partial charge in [-0.25, -0.2) is 0 Å². The van der Waals surface area contributed by atoms with E-state index < -0.39 is 0 Å². The van der Waals surface area contributed by atoms with E-state index in [2.05, 4.69) is 36.9 Å². The first-order chi connectivity index (χ1) is 7.43. The summed E-state index contributed by atoms with van der Waals surface area (Å²) in [4.78, 5) is 0. The summed E-state index contributed by atoms with van der Waals surface area (Å²) in [7, 11) is 0. The van der Waals surface area contributed by atoms with Gasteiger partial charge in [-0.05, 0) is 24.2 Å². The summed E-state index contributed by atoms with van der Waals surface area (Å²) >= 11 is 4.14. The van der Waals surface area contributed by atoms with Gasteiger partial charge >= 0.3 is 0 Å². The van der Waals surface area contributed by atoms with Crippen LogP contribution in [0.4, 0.5) is 0 Å². The minimum absolute atomic E-state index is 0.696. The predicted molar refractivity (Wildman–Crippen MR) is 69.4 cm³/mol. The van der Waals surface area contributed by atoms with Crippen molar-refractivity contribution < 1.29 is 4.74 Å². The lowest BCUT2D eigenvalue weighted by Gasteiger charge is -1.99. The molecule has 1 nitrogen and oxygen atoms in total. The number of unbranched alkanes of at least 4 members (excludes halogenated alkanes) is 1. The van der Waals surface area contributed by atoms with Crippen LogP contribution in [0.3, 0.4) is 0 Å². The van der Waals surface area contributed by atoms with Crippen molar-refractivity contribution >= 4 is 18.7 Å². The molecular weight excluding hydrogens is 204 g/mol. The van der Waals surface area contributed by atoms with Crippen LogP contribution in [-0.4, -0.2) is 19.0 Å². The first kappa shape index (κ1) is 12.3. The number of hydrogen-bond acceptors (Lipinski definition) is 2. The van der Waals surface area contributed by atoms with Crippen LogP contribution in [-0.2, 0) is 4.74 Å². The van der Waals surface area contributed by atoms with Crippen LogP contribution < -0.4 is 0 Å². The van der Waals surface area contributed by atoms with Gasteiger partial charge in [0.25, 0.3) is 0 Å². The molecule has 1 aromatic rings. The lowest BCUT2D eigenvalue weighted by molar-refractivity contribution is 0.159. The topological polar surface area (TPSA) is 9.23 Å². The number of benzene rings is 1. The SMILES string of the molecule is SCCCCOCC=Cc1ccccc1. The molecule has 0 saturated heterocycles. The molecule has 0 amide bonds. The summed E-state index contributed by atoms with van der Waals surface area (Å²) in [6.07, 6.45) is 6.36. The molecular formula is C13H18OS. The summed E-state index contributed by atoms with van der Waals surface area (Å²) in [5.41, 5.74) is 1.22. The van der Waals surface area contributed by atoms with Crippen LogP contribution in [0.15, 0.2) is 36.4 Å². The van der Waals surface area contributed by atoms with E-state index in [4.69, 9.17) is 4.74 Å². The Bertz CT molecular complexity index is 269. The molecule has 0 bridgehead atoms. The molecule has 0 atom stereocenters. The van der Waals surface area contributed by atoms with Gasteiger partial charge in [0.1, 0.15) is 0 Å². The molecule has 0 aliphatic rings. The summed E-state index contributed by atoms with van der Waals surface area (Å²) < 4.78 is 5.44. The highest BCUT2D eigenvalue weighted by atomic mass is 32.1. The maximum atomic E-state index is 5.44. The fourth-order valence-corrected chi connectivity index (χ4v) is 1.44. The van der Waals surface area contributed by atoms with Crippen LogP contribution in [0, 0.1) is 0 Å². The van der Waals surface area contributed by atoms with Gasteiger partial charge in [-0.15, -0.1) is 0 Å². The van der Waals surface area contributed by atoms with Gasteiger partial charge in [0, 0.05) is 6.61 Å². The van der Waals surface area contributed by atoms with Crippen LogP contribution in [0.25, 0.3) is 6.08 Å². The Kier molecular flexibility index (Phi) is 7.05. The quantitative estimate of drug-likeness (QED) is 0.549. The van der Waals surface area contributed by atoms with Crippen molar-refractivity contribution in [3.8, 4) is 0 Å². The molecule has 82 valence electrons. The van der Waals surface area contributed by atoms with Crippen molar-refractivity contribution in [2.75, 3.05) is 19.0 Å². The van der Waals surface area contributed by atoms with Crippen LogP contribution in [0.2, 0.25) is 0 Å². The first-order valence-electron chi connectivity index (χ1n) is 5.33. The number of thiol groups is 1. The zero-order valence-electron chi connectivity index (χ0n) is 8.93. The Balaban J connectivity index is 2.07. The van der Waals surface area contributed by atoms with E-state index in [9.17, 15) is 0 Å². The summed E-state index contributed by atoms with van der Waals surface area (Å²) in [6.45, 7) is 1.53. The molecule has 0 radical (unpaired) electrons. The van der Waals surface area contributed by atoms with E-state index in [0.29, 0.717) is 6.61 Å². The zero-order valence-corrected chi connectivity index (χ0v) is 9.83. The summed E-state index contributed by atoms with van der Waals surface area (Å²) in [5.74, 6) is 0.948. The third-order valence-electron chi connectivity index (χ3n) is 2.02. The smallest absolute Gasteiger partial charge is 0.0650 e. The largest absolute Gasteiger partial charge is 0.377 e. The highest BCUT2D eigenvalue weighted by molar-refractivity contribution is 7.80. The molecule has 2 heteroatoms. The van der Waals surface area contributed by atoms with Gasteiger partial charge in [-0.3, -0.25) is 0 Å². The van der Waals surface area contributed by atoms with Gasteiger partial charge in [0.15, 0.2) is 0 Å². The van der Waals surface area contributed by atoms with E-state index in [1.54, 1.807) is 0 Å². The molecule has 0 aliphatic heterocycles. The van der Waals surface area contributed by atoms with Crippen molar-refractivity contribution in [2.24, 2.45) is 0 Å². The number of ether oxygens (including phenoxy) is 1. The second kappa shape index (κ2) is 8.57. The van der Waals surface area contributed by atoms with Crippen molar-refractivity contribution in [2.45, 2.75) is 12.8 Å². The molecule has 1 aromatic carbocycles. The Morgan fingerprint density at radius 1 is 1.13 bits per heavy atom. The molecule has 0 N–H and O–H groups in total. The molecule has 0 spiro atoms. The average Bonchev–Trinajstić information content (AvgIpc) is 2.29. The highest BCUT2D eigenvalue weighted by Gasteiger charge is 1.86. The van der Waals surface area contributed by atoms with Crippen molar-refractivity contribution in [1.82, 2.24) is 0 Å². The number of rotatable bonds is 7. The lowest BCUT2D eigenvalue weighted by atomic mass is 10.2. The van der Waals surface area contributed by atoms with E-state index in [1.807, 2.05) is 18.2 Å². The highest BCUT2D eigenvalue weighted by Crippen LogP contribution is 2.00. The third-order valence-corrected chi connectivity index (χ3v) is 2.34. The minimum Gasteiger partial charge on any atom is -0.377 e. The van der Waals surface area contributed by atoms with Crippen LogP contribution in [0.5, 0.6) is 0 Å². The lowest BCUT2D eigenvalue weighted by Crippen LogP contribution is -1.94. The molecule has 0 heterocycles. The van der Waals surface area contributed by atoms with Crippen molar-refractivity contribution in [1.29, 1.82) is 0 Å². The molecule has 15 heavy (non-hydrogen) atoms. The molecule has 1 rings (SSSR count). The van der Waals surface area contributed by atoms with E-state index in [0.717, 1.165) is 25.2 Å². The Hall–Kier alpha value is -0.730. The van der Waals surface area contributed by atoms with E-state index in [1.165, 1.54) is 5.56 Å². The Labute approximate surface area is 97.6 Å². The molecule has 0 saturated carbocycles. The second-order valence-corrected chi connectivity index (χ2v) is 3.77. The fourth-order valence-electron chi connectivity index (χ4n) is 1.22. The zero-order chi connectivity index (χ0) is 10.8. The van der Waals surface area contributed by atoms with Crippen molar-refractivity contribution in [3.63, 3.8) is 0 Å². The number of hydrogen-bond donors (Lipinski definition) is 1. The Morgan fingerprint density at radius 2 is 1.93 bits per heavy atom. The minimum atomic E-state index is 0.696. The molecule has 0 aliphatic carbocycles. The first-order valence-corrected chi connectivity index (χ1v) is 5.97. The van der Waals surface area contributed by atoms with Crippen LogP contribution >= 0.6 is 12.6 Å². The predicted octanol–water partition coefficient (Wildman–Crippen LogP) is 3.43. The van der Waals surface area contributed by atoms with Gasteiger partial charge in [-0.2, -0.15) is 12.6 Å². The summed E-state index contributed by atoms with van der Waals surface area (Å²) in [6, 6.07) is 10.3. The van der Waals surface area contributed by atoms with Crippen LogP contribution in [0.1, 0.15) is 18.4 Å². The molecule has 0 aromatic heterocycles. The Morgan fingerprint density at radius 3 is 2.67 bits per heavy atom. The maximum absolute atomic E-state index is 5.44. The van der Waals surface area contributed by atoms with Gasteiger partial charge < -0.3 is 4.74 Å². The van der Waals surface area contributed by atoms with Crippen molar-refractivity contribution in [3.05, 3.63) is 42.0 Å². The third kappa shape index (κ3) is 6.37. The van der Waals surface area contributed by atoms with E-state index >= 15 is 0 Å². The van der Waals surface area contributed by atoms with Gasteiger partial charge in [0.2, 0.25) is 0 Å². The normalized spacial score (nSPS) is 11.0. The van der Waals surface area contributed by atoms with E-state index in [-0.39, 0.29) is 0 Å². The molecule has 0 fully saturated rings. The average molecular weight is 222 g/mol. The fraction of sp³-hybridized carbons (Fsp3) is 0.385.